The molecule has 0 spiro atoms. The molecule has 0 unspecified atom stereocenters. The lowest BCUT2D eigenvalue weighted by Gasteiger charge is -2.23. The van der Waals surface area contributed by atoms with Gasteiger partial charge in [0.25, 0.3) is 5.56 Å². The standard InChI is InChI=1S/C27H26BrClN2O6S/c1-5-35-20-9-8-16(13-21(20)36-6-2)23-17(26(33)34-4)14-30-27-31(23)25(32)22(38-27)12-15-10-18(28)24(37-7-3)19(29)11-15/h8-14,23H,5-7H2,1-4H3/b22-12-/t23-/m1/s1. The number of rotatable bonds is 9. The van der Waals surface area contributed by atoms with Gasteiger partial charge in [0.2, 0.25) is 0 Å². The first-order valence-corrected chi connectivity index (χ1v) is 13.9. The predicted octanol–water partition coefficient (Wildman–Crippen LogP) is 4.63. The molecule has 2 aromatic carbocycles. The summed E-state index contributed by atoms with van der Waals surface area (Å²) >= 11 is 11.1. The third-order valence-corrected chi connectivity index (χ3v) is 7.48. The second-order valence-electron chi connectivity index (χ2n) is 7.99. The molecule has 8 nitrogen and oxygen atoms in total. The molecule has 0 amide bonds. The molecule has 200 valence electrons. The Hall–Kier alpha value is -3.08. The number of benzene rings is 2. The minimum absolute atomic E-state index is 0.227. The minimum atomic E-state index is -0.772. The van der Waals surface area contributed by atoms with Gasteiger partial charge in [-0.05, 0) is 78.2 Å². The monoisotopic (exact) mass is 620 g/mol. The zero-order valence-electron chi connectivity index (χ0n) is 21.2. The van der Waals surface area contributed by atoms with Gasteiger partial charge in [0, 0.05) is 6.20 Å². The lowest BCUT2D eigenvalue weighted by molar-refractivity contribution is -0.136. The van der Waals surface area contributed by atoms with Gasteiger partial charge >= 0.3 is 5.97 Å². The maximum absolute atomic E-state index is 13.8. The summed E-state index contributed by atoms with van der Waals surface area (Å²) in [7, 11) is 1.29. The first kappa shape index (κ1) is 27.9. The van der Waals surface area contributed by atoms with Crippen LogP contribution in [-0.2, 0) is 9.53 Å². The Bertz CT molecular complexity index is 1560. The van der Waals surface area contributed by atoms with Crippen LogP contribution >= 0.6 is 38.9 Å². The second kappa shape index (κ2) is 12.2. The molecule has 0 fully saturated rings. The lowest BCUT2D eigenvalue weighted by atomic mass is 9.97. The van der Waals surface area contributed by atoms with E-state index in [0.29, 0.717) is 67.0 Å². The van der Waals surface area contributed by atoms with Crippen molar-refractivity contribution in [3.05, 3.63) is 82.4 Å². The van der Waals surface area contributed by atoms with Crippen molar-refractivity contribution in [1.29, 1.82) is 0 Å². The van der Waals surface area contributed by atoms with Crippen LogP contribution in [0, 0.1) is 0 Å². The van der Waals surface area contributed by atoms with E-state index >= 15 is 0 Å². The number of methoxy groups -OCH3 is 1. The topological polar surface area (TPSA) is 88.4 Å². The molecule has 2 heterocycles. The third kappa shape index (κ3) is 5.52. The number of carbonyl (C=O) groups is 1. The van der Waals surface area contributed by atoms with Crippen molar-refractivity contribution < 1.29 is 23.7 Å². The van der Waals surface area contributed by atoms with Crippen molar-refractivity contribution in [1.82, 2.24) is 4.57 Å². The molecule has 4 rings (SSSR count). The molecule has 3 aromatic rings. The smallest absolute Gasteiger partial charge is 0.337 e. The molecule has 1 aromatic heterocycles. The predicted molar refractivity (Wildman–Crippen MR) is 150 cm³/mol. The average molecular weight is 622 g/mol. The number of esters is 1. The third-order valence-electron chi connectivity index (χ3n) is 5.62. The lowest BCUT2D eigenvalue weighted by Crippen LogP contribution is -2.39. The molecule has 0 N–H and O–H groups in total. The van der Waals surface area contributed by atoms with E-state index in [2.05, 4.69) is 20.9 Å². The molecular weight excluding hydrogens is 596 g/mol. The molecule has 0 saturated carbocycles. The summed E-state index contributed by atoms with van der Waals surface area (Å²) in [5.74, 6) is 1.05. The van der Waals surface area contributed by atoms with E-state index in [1.165, 1.54) is 29.2 Å². The van der Waals surface area contributed by atoms with Gasteiger partial charge in [-0.15, -0.1) is 0 Å². The first-order chi connectivity index (χ1) is 18.3. The van der Waals surface area contributed by atoms with E-state index in [0.717, 1.165) is 0 Å². The number of halogens is 2. The van der Waals surface area contributed by atoms with Crippen LogP contribution < -0.4 is 29.1 Å². The van der Waals surface area contributed by atoms with E-state index < -0.39 is 12.0 Å². The van der Waals surface area contributed by atoms with Crippen molar-refractivity contribution in [3.8, 4) is 17.2 Å². The fraction of sp³-hybridized carbons (Fsp3) is 0.296. The molecule has 0 saturated heterocycles. The van der Waals surface area contributed by atoms with Crippen LogP contribution in [0.25, 0.3) is 6.08 Å². The number of carbonyl (C=O) groups excluding carboxylic acids is 1. The number of nitrogens with zero attached hydrogens (tertiary/aromatic N) is 2. The van der Waals surface area contributed by atoms with Crippen LogP contribution in [0.4, 0.5) is 0 Å². The van der Waals surface area contributed by atoms with Crippen LogP contribution in [0.5, 0.6) is 17.2 Å². The Morgan fingerprint density at radius 1 is 1.11 bits per heavy atom. The first-order valence-electron chi connectivity index (χ1n) is 11.9. The average Bonchev–Trinajstić information content (AvgIpc) is 3.21. The highest BCUT2D eigenvalue weighted by molar-refractivity contribution is 9.10. The summed E-state index contributed by atoms with van der Waals surface area (Å²) in [4.78, 5) is 31.4. The zero-order valence-corrected chi connectivity index (χ0v) is 24.4. The van der Waals surface area contributed by atoms with Gasteiger partial charge in [-0.25, -0.2) is 9.79 Å². The van der Waals surface area contributed by atoms with Gasteiger partial charge in [0.05, 0.1) is 52.6 Å². The Labute approximate surface area is 236 Å². The van der Waals surface area contributed by atoms with Gasteiger partial charge < -0.3 is 18.9 Å². The van der Waals surface area contributed by atoms with Crippen molar-refractivity contribution in [2.45, 2.75) is 26.8 Å². The van der Waals surface area contributed by atoms with Gasteiger partial charge in [-0.2, -0.15) is 0 Å². The van der Waals surface area contributed by atoms with Crippen LogP contribution in [-0.4, -0.2) is 37.5 Å². The van der Waals surface area contributed by atoms with Crippen molar-refractivity contribution >= 4 is 50.9 Å². The number of hydrogen-bond acceptors (Lipinski definition) is 8. The number of aromatic nitrogens is 1. The summed E-state index contributed by atoms with van der Waals surface area (Å²) < 4.78 is 24.7. The van der Waals surface area contributed by atoms with Crippen molar-refractivity contribution in [2.75, 3.05) is 26.9 Å². The molecular formula is C27H26BrClN2O6S. The normalized spacial score (nSPS) is 14.8. The van der Waals surface area contributed by atoms with E-state index in [9.17, 15) is 9.59 Å². The number of ether oxygens (including phenoxy) is 4. The van der Waals surface area contributed by atoms with Gasteiger partial charge in [-0.3, -0.25) is 9.36 Å². The Morgan fingerprint density at radius 2 is 1.82 bits per heavy atom. The maximum atomic E-state index is 13.8. The molecule has 1 aliphatic heterocycles. The highest BCUT2D eigenvalue weighted by Gasteiger charge is 2.31. The van der Waals surface area contributed by atoms with E-state index in [1.54, 1.807) is 30.3 Å². The number of hydrogen-bond donors (Lipinski definition) is 0. The Balaban J connectivity index is 1.88. The summed E-state index contributed by atoms with van der Waals surface area (Å²) in [5.41, 5.74) is 1.29. The van der Waals surface area contributed by atoms with Gasteiger partial charge in [-0.1, -0.05) is 29.0 Å². The van der Waals surface area contributed by atoms with Crippen LogP contribution in [0.1, 0.15) is 37.9 Å². The fourth-order valence-electron chi connectivity index (χ4n) is 4.08. The molecule has 0 aliphatic carbocycles. The second-order valence-corrected chi connectivity index (χ2v) is 10.3. The van der Waals surface area contributed by atoms with E-state index in [4.69, 9.17) is 30.5 Å². The summed E-state index contributed by atoms with van der Waals surface area (Å²) in [6.07, 6.45) is 3.19. The molecule has 38 heavy (non-hydrogen) atoms. The summed E-state index contributed by atoms with van der Waals surface area (Å²) in [6.45, 7) is 6.99. The zero-order chi connectivity index (χ0) is 27.4. The fourth-order valence-corrected chi connectivity index (χ4v) is 6.04. The molecule has 11 heteroatoms. The van der Waals surface area contributed by atoms with Gasteiger partial charge in [0.15, 0.2) is 22.0 Å². The molecule has 1 atom stereocenters. The van der Waals surface area contributed by atoms with E-state index in [1.807, 2.05) is 26.8 Å². The van der Waals surface area contributed by atoms with E-state index in [-0.39, 0.29) is 11.1 Å². The highest BCUT2D eigenvalue weighted by Crippen LogP contribution is 2.36. The highest BCUT2D eigenvalue weighted by atomic mass is 79.9. The number of thiazole rings is 1. The maximum Gasteiger partial charge on any atom is 0.337 e. The molecule has 0 bridgehead atoms. The van der Waals surface area contributed by atoms with Crippen LogP contribution in [0.2, 0.25) is 5.02 Å². The van der Waals surface area contributed by atoms with Crippen LogP contribution in [0.15, 0.2) is 56.4 Å². The van der Waals surface area contributed by atoms with Crippen LogP contribution in [0.3, 0.4) is 0 Å². The Kier molecular flexibility index (Phi) is 8.96. The van der Waals surface area contributed by atoms with Crippen molar-refractivity contribution in [3.63, 3.8) is 0 Å². The SMILES string of the molecule is CCOc1ccc([C@@H]2C(C(=O)OC)=CN=c3s/c(=C\c4cc(Cl)c(OCC)c(Br)c4)c(=O)n32)cc1OCC. The van der Waals surface area contributed by atoms with Gasteiger partial charge in [0.1, 0.15) is 0 Å². The van der Waals surface area contributed by atoms with Crippen molar-refractivity contribution in [2.24, 2.45) is 4.99 Å². The molecule has 0 radical (unpaired) electrons. The number of fused-ring (bicyclic) bond motifs is 1. The summed E-state index contributed by atoms with van der Waals surface area (Å²) in [5, 5.41) is 0.420. The largest absolute Gasteiger partial charge is 0.491 e. The quantitative estimate of drug-likeness (QED) is 0.324. The Morgan fingerprint density at radius 3 is 2.47 bits per heavy atom. The molecule has 1 aliphatic rings. The minimum Gasteiger partial charge on any atom is -0.491 e. The summed E-state index contributed by atoms with van der Waals surface area (Å²) in [6, 6.07) is 8.14.